The van der Waals surface area contributed by atoms with Crippen LogP contribution in [0.15, 0.2) is 24.4 Å². The van der Waals surface area contributed by atoms with Gasteiger partial charge >= 0.3 is 0 Å². The summed E-state index contributed by atoms with van der Waals surface area (Å²) in [6.07, 6.45) is 2.18. The number of aromatic nitrogens is 1. The molecule has 0 aliphatic heterocycles. The lowest BCUT2D eigenvalue weighted by Crippen LogP contribution is -2.06. The highest BCUT2D eigenvalue weighted by Crippen LogP contribution is 2.24. The molecule has 98 valence electrons. The minimum absolute atomic E-state index is 0.728. The Morgan fingerprint density at radius 2 is 2.22 bits per heavy atom. The summed E-state index contributed by atoms with van der Waals surface area (Å²) in [4.78, 5) is 0. The van der Waals surface area contributed by atoms with Gasteiger partial charge in [-0.3, -0.25) is 0 Å². The first-order chi connectivity index (χ1) is 8.76. The molecule has 1 aromatic heterocycles. The molecule has 1 N–H and O–H groups in total. The minimum atomic E-state index is 0.728. The number of nitrogens with one attached hydrogen (secondary N) is 1. The zero-order valence-electron chi connectivity index (χ0n) is 10.9. The quantitative estimate of drug-likeness (QED) is 0.814. The van der Waals surface area contributed by atoms with Gasteiger partial charge in [-0.1, -0.05) is 17.7 Å². The Morgan fingerprint density at radius 3 is 2.94 bits per heavy atom. The van der Waals surface area contributed by atoms with Gasteiger partial charge in [0.1, 0.15) is 0 Å². The highest BCUT2D eigenvalue weighted by Gasteiger charge is 2.08. The molecule has 0 unspecified atom stereocenters. The summed E-state index contributed by atoms with van der Waals surface area (Å²) in [5, 5.41) is 5.22. The molecule has 0 bridgehead atoms. The summed E-state index contributed by atoms with van der Waals surface area (Å²) in [5.41, 5.74) is 2.47. The Labute approximate surface area is 113 Å². The summed E-state index contributed by atoms with van der Waals surface area (Å²) in [5.74, 6) is 0. The van der Waals surface area contributed by atoms with Gasteiger partial charge in [0.05, 0.1) is 6.61 Å². The van der Waals surface area contributed by atoms with Gasteiger partial charge < -0.3 is 14.6 Å². The van der Waals surface area contributed by atoms with Gasteiger partial charge in [-0.2, -0.15) is 0 Å². The van der Waals surface area contributed by atoms with Crippen molar-refractivity contribution in [3.05, 3.63) is 35.0 Å². The lowest BCUT2D eigenvalue weighted by Gasteiger charge is -2.05. The molecule has 2 aromatic rings. The lowest BCUT2D eigenvalue weighted by atomic mass is 10.2. The Kier molecular flexibility index (Phi) is 4.64. The Morgan fingerprint density at radius 1 is 1.39 bits per heavy atom. The highest BCUT2D eigenvalue weighted by molar-refractivity contribution is 6.31. The third-order valence-corrected chi connectivity index (χ3v) is 3.21. The van der Waals surface area contributed by atoms with Crippen molar-refractivity contribution in [1.29, 1.82) is 0 Å². The van der Waals surface area contributed by atoms with Gasteiger partial charge in [-0.15, -0.1) is 0 Å². The van der Waals surface area contributed by atoms with E-state index < -0.39 is 0 Å². The normalized spacial score (nSPS) is 11.3. The maximum Gasteiger partial charge on any atom is 0.0645 e. The van der Waals surface area contributed by atoms with E-state index >= 15 is 0 Å². The molecule has 0 saturated carbocycles. The number of rotatable bonds is 6. The van der Waals surface area contributed by atoms with Gasteiger partial charge in [0, 0.05) is 41.8 Å². The van der Waals surface area contributed by atoms with Crippen molar-refractivity contribution in [1.82, 2.24) is 9.88 Å². The van der Waals surface area contributed by atoms with E-state index in [4.69, 9.17) is 16.3 Å². The van der Waals surface area contributed by atoms with E-state index in [1.165, 1.54) is 16.5 Å². The number of fused-ring (bicyclic) bond motifs is 1. The predicted octanol–water partition coefficient (Wildman–Crippen LogP) is 3.05. The van der Waals surface area contributed by atoms with E-state index in [2.05, 4.69) is 22.1 Å². The Hall–Kier alpha value is -1.03. The fourth-order valence-electron chi connectivity index (χ4n) is 2.16. The van der Waals surface area contributed by atoms with Crippen LogP contribution < -0.4 is 5.32 Å². The molecule has 0 aliphatic carbocycles. The molecular formula is C14H19ClN2O. The first-order valence-corrected chi connectivity index (χ1v) is 6.63. The van der Waals surface area contributed by atoms with Crippen LogP contribution >= 0.6 is 11.6 Å². The van der Waals surface area contributed by atoms with Gasteiger partial charge in [-0.25, -0.2) is 0 Å². The summed E-state index contributed by atoms with van der Waals surface area (Å²) in [6, 6.07) is 6.04. The molecule has 0 aliphatic rings. The first kappa shape index (κ1) is 13.4. The number of hydrogen-bond donors (Lipinski definition) is 1. The number of nitrogens with zero attached hydrogens (tertiary/aromatic N) is 1. The van der Waals surface area contributed by atoms with Gasteiger partial charge in [0.25, 0.3) is 0 Å². The molecule has 1 heterocycles. The summed E-state index contributed by atoms with van der Waals surface area (Å²) < 4.78 is 7.63. The molecular weight excluding hydrogens is 248 g/mol. The Bertz CT molecular complexity index is 522. The Balaban J connectivity index is 2.35. The smallest absolute Gasteiger partial charge is 0.0645 e. The monoisotopic (exact) mass is 266 g/mol. The molecule has 0 spiro atoms. The molecule has 0 atom stereocenters. The second-order valence-corrected chi connectivity index (χ2v) is 4.67. The first-order valence-electron chi connectivity index (χ1n) is 6.26. The average molecular weight is 267 g/mol. The van der Waals surface area contributed by atoms with E-state index in [0.29, 0.717) is 0 Å². The molecule has 0 saturated heterocycles. The van der Waals surface area contributed by atoms with Crippen molar-refractivity contribution in [2.75, 3.05) is 20.3 Å². The lowest BCUT2D eigenvalue weighted by molar-refractivity contribution is 0.140. The molecule has 18 heavy (non-hydrogen) atoms. The number of ether oxygens (including phenoxy) is 1. The third kappa shape index (κ3) is 2.86. The fourth-order valence-corrected chi connectivity index (χ4v) is 2.33. The van der Waals surface area contributed by atoms with Crippen LogP contribution in [0.4, 0.5) is 0 Å². The maximum absolute atomic E-state index is 6.08. The van der Waals surface area contributed by atoms with E-state index in [9.17, 15) is 0 Å². The van der Waals surface area contributed by atoms with Crippen LogP contribution in [0.25, 0.3) is 10.9 Å². The fraction of sp³-hybridized carbons (Fsp3) is 0.429. The molecule has 2 rings (SSSR count). The standard InChI is InChI=1S/C14H19ClN2O/c1-3-18-7-6-17-10-11(9-16-2)13-5-4-12(15)8-14(13)17/h4-5,8,10,16H,3,6-7,9H2,1-2H3. The molecule has 3 nitrogen and oxygen atoms in total. The van der Waals surface area contributed by atoms with Crippen LogP contribution in [0.2, 0.25) is 5.02 Å². The molecule has 4 heteroatoms. The van der Waals surface area contributed by atoms with Crippen LogP contribution in [0.1, 0.15) is 12.5 Å². The summed E-state index contributed by atoms with van der Waals surface area (Å²) in [6.45, 7) is 5.21. The van der Waals surface area contributed by atoms with Crippen molar-refractivity contribution < 1.29 is 4.74 Å². The van der Waals surface area contributed by atoms with E-state index in [0.717, 1.165) is 31.3 Å². The van der Waals surface area contributed by atoms with Crippen molar-refractivity contribution in [3.8, 4) is 0 Å². The molecule has 0 amide bonds. The largest absolute Gasteiger partial charge is 0.380 e. The number of halogens is 1. The van der Waals surface area contributed by atoms with E-state index in [1.54, 1.807) is 0 Å². The predicted molar refractivity (Wildman–Crippen MR) is 76.2 cm³/mol. The van der Waals surface area contributed by atoms with Crippen molar-refractivity contribution in [3.63, 3.8) is 0 Å². The van der Waals surface area contributed by atoms with E-state index in [-0.39, 0.29) is 0 Å². The van der Waals surface area contributed by atoms with Crippen LogP contribution in [0, 0.1) is 0 Å². The highest BCUT2D eigenvalue weighted by atomic mass is 35.5. The molecule has 1 aromatic carbocycles. The van der Waals surface area contributed by atoms with Crippen molar-refractivity contribution >= 4 is 22.5 Å². The van der Waals surface area contributed by atoms with Crippen LogP contribution in [-0.4, -0.2) is 24.8 Å². The third-order valence-electron chi connectivity index (χ3n) is 2.97. The van der Waals surface area contributed by atoms with Crippen LogP contribution in [0.5, 0.6) is 0 Å². The zero-order valence-corrected chi connectivity index (χ0v) is 11.6. The summed E-state index contributed by atoms with van der Waals surface area (Å²) >= 11 is 6.08. The SMILES string of the molecule is CCOCCn1cc(CNC)c2ccc(Cl)cc21. The van der Waals surface area contributed by atoms with Crippen LogP contribution in [0.3, 0.4) is 0 Å². The number of hydrogen-bond acceptors (Lipinski definition) is 2. The van der Waals surface area contributed by atoms with E-state index in [1.807, 2.05) is 26.1 Å². The molecule has 0 radical (unpaired) electrons. The topological polar surface area (TPSA) is 26.2 Å². The van der Waals surface area contributed by atoms with Crippen molar-refractivity contribution in [2.24, 2.45) is 0 Å². The van der Waals surface area contributed by atoms with Gasteiger partial charge in [0.2, 0.25) is 0 Å². The van der Waals surface area contributed by atoms with Crippen molar-refractivity contribution in [2.45, 2.75) is 20.0 Å². The summed E-state index contributed by atoms with van der Waals surface area (Å²) in [7, 11) is 1.96. The van der Waals surface area contributed by atoms with Gasteiger partial charge in [0.15, 0.2) is 0 Å². The second kappa shape index (κ2) is 6.23. The minimum Gasteiger partial charge on any atom is -0.380 e. The average Bonchev–Trinajstić information content (AvgIpc) is 2.68. The molecule has 0 fully saturated rings. The second-order valence-electron chi connectivity index (χ2n) is 4.24. The maximum atomic E-state index is 6.08. The van der Waals surface area contributed by atoms with Crippen LogP contribution in [-0.2, 0) is 17.8 Å². The number of benzene rings is 1. The van der Waals surface area contributed by atoms with Gasteiger partial charge in [-0.05, 0) is 31.7 Å². The zero-order chi connectivity index (χ0) is 13.0.